The van der Waals surface area contributed by atoms with Gasteiger partial charge in [-0.05, 0) is 30.4 Å². The summed E-state index contributed by atoms with van der Waals surface area (Å²) in [5, 5.41) is 0. The zero-order chi connectivity index (χ0) is 17.2. The van der Waals surface area contributed by atoms with Crippen molar-refractivity contribution in [1.29, 1.82) is 0 Å². The Bertz CT molecular complexity index is 624. The molecule has 25 heavy (non-hydrogen) atoms. The highest BCUT2D eigenvalue weighted by Gasteiger charge is 2.37. The van der Waals surface area contributed by atoms with E-state index >= 15 is 0 Å². The van der Waals surface area contributed by atoms with Crippen LogP contribution in [-0.2, 0) is 22.7 Å². The average molecular weight is 340 g/mol. The molecule has 4 heteroatoms. The van der Waals surface area contributed by atoms with Crippen molar-refractivity contribution in [1.82, 2.24) is 9.80 Å². The van der Waals surface area contributed by atoms with Gasteiger partial charge in [-0.2, -0.15) is 0 Å². The Kier molecular flexibility index (Phi) is 4.78. The highest BCUT2D eigenvalue weighted by atomic mass is 16.2. The van der Waals surface area contributed by atoms with E-state index in [1.807, 2.05) is 17.0 Å². The maximum absolute atomic E-state index is 13.1. The van der Waals surface area contributed by atoms with E-state index in [4.69, 9.17) is 0 Å². The van der Waals surface area contributed by atoms with Crippen molar-refractivity contribution < 1.29 is 9.59 Å². The Labute approximate surface area is 150 Å². The highest BCUT2D eigenvalue weighted by molar-refractivity contribution is 5.84. The number of carbonyl (C=O) groups excluding carboxylic acids is 2. The van der Waals surface area contributed by atoms with Crippen LogP contribution in [0.1, 0.15) is 62.5 Å². The number of hydrogen-bond donors (Lipinski definition) is 0. The number of rotatable bonds is 2. The Morgan fingerprint density at radius 2 is 1.56 bits per heavy atom. The van der Waals surface area contributed by atoms with Crippen LogP contribution in [0.25, 0.3) is 0 Å². The molecule has 1 saturated carbocycles. The fourth-order valence-electron chi connectivity index (χ4n) is 4.74. The smallest absolute Gasteiger partial charge is 0.228 e. The number of nitrogens with zero attached hydrogens (tertiary/aromatic N) is 2. The Hall–Kier alpha value is -1.84. The lowest BCUT2D eigenvalue weighted by Gasteiger charge is -2.38. The summed E-state index contributed by atoms with van der Waals surface area (Å²) in [5.41, 5.74) is 2.53. The van der Waals surface area contributed by atoms with E-state index < -0.39 is 0 Å². The van der Waals surface area contributed by atoms with Crippen molar-refractivity contribution >= 4 is 11.8 Å². The summed E-state index contributed by atoms with van der Waals surface area (Å²) in [6.07, 6.45) is 8.48. The van der Waals surface area contributed by atoms with E-state index in [-0.39, 0.29) is 17.7 Å². The summed E-state index contributed by atoms with van der Waals surface area (Å²) in [7, 11) is 0. The van der Waals surface area contributed by atoms with E-state index in [0.29, 0.717) is 25.4 Å². The van der Waals surface area contributed by atoms with Gasteiger partial charge >= 0.3 is 0 Å². The fraction of sp³-hybridized carbons (Fsp3) is 0.619. The van der Waals surface area contributed by atoms with Crippen LogP contribution in [0, 0.1) is 5.92 Å². The van der Waals surface area contributed by atoms with Gasteiger partial charge in [0.25, 0.3) is 0 Å². The molecular weight excluding hydrogens is 312 g/mol. The van der Waals surface area contributed by atoms with Crippen molar-refractivity contribution in [3.63, 3.8) is 0 Å². The van der Waals surface area contributed by atoms with Gasteiger partial charge in [0.05, 0.1) is 5.92 Å². The van der Waals surface area contributed by atoms with E-state index in [0.717, 1.165) is 25.9 Å². The topological polar surface area (TPSA) is 40.6 Å². The number of likely N-dealkylation sites (tertiary alicyclic amines) is 1. The first kappa shape index (κ1) is 16.6. The predicted octanol–water partition coefficient (Wildman–Crippen LogP) is 3.49. The van der Waals surface area contributed by atoms with Crippen LogP contribution in [0.4, 0.5) is 0 Å². The molecule has 1 saturated heterocycles. The van der Waals surface area contributed by atoms with Crippen molar-refractivity contribution in [3.05, 3.63) is 35.4 Å². The first-order valence-corrected chi connectivity index (χ1v) is 9.87. The maximum Gasteiger partial charge on any atom is 0.228 e. The molecule has 2 amide bonds. The molecule has 0 radical (unpaired) electrons. The summed E-state index contributed by atoms with van der Waals surface area (Å²) >= 11 is 0. The van der Waals surface area contributed by atoms with Crippen LogP contribution in [-0.4, -0.2) is 34.2 Å². The molecular formula is C21H28N2O2. The second kappa shape index (κ2) is 7.19. The third-order valence-corrected chi connectivity index (χ3v) is 6.21. The zero-order valence-electron chi connectivity index (χ0n) is 15.0. The van der Waals surface area contributed by atoms with Gasteiger partial charge in [-0.3, -0.25) is 9.59 Å². The van der Waals surface area contributed by atoms with Crippen LogP contribution in [0.5, 0.6) is 0 Å². The lowest BCUT2D eigenvalue weighted by atomic mass is 9.93. The lowest BCUT2D eigenvalue weighted by Crippen LogP contribution is -2.50. The zero-order valence-corrected chi connectivity index (χ0v) is 15.0. The molecule has 2 fully saturated rings. The summed E-state index contributed by atoms with van der Waals surface area (Å²) in [6.45, 7) is 2.08. The first-order valence-electron chi connectivity index (χ1n) is 9.87. The number of piperidine rings is 1. The standard InChI is InChI=1S/C21H28N2O2/c24-20-12-11-18(15-23(20)19-9-3-1-2-4-10-19)21(25)22-13-16-7-5-6-8-17(16)14-22/h5-8,18-19H,1-4,9-15H2/t18-/m1/s1. The van der Waals surface area contributed by atoms with Crippen LogP contribution in [0.3, 0.4) is 0 Å². The van der Waals surface area contributed by atoms with Gasteiger partial charge in [0.1, 0.15) is 0 Å². The monoisotopic (exact) mass is 340 g/mol. The van der Waals surface area contributed by atoms with E-state index in [1.54, 1.807) is 0 Å². The average Bonchev–Trinajstić information content (AvgIpc) is 2.88. The Morgan fingerprint density at radius 1 is 0.920 bits per heavy atom. The molecule has 0 aromatic heterocycles. The third-order valence-electron chi connectivity index (χ3n) is 6.21. The normalized spacial score (nSPS) is 25.0. The van der Waals surface area contributed by atoms with Gasteiger partial charge < -0.3 is 9.80 Å². The molecule has 4 rings (SSSR count). The molecule has 134 valence electrons. The van der Waals surface area contributed by atoms with Crippen molar-refractivity contribution in [3.8, 4) is 0 Å². The number of benzene rings is 1. The van der Waals surface area contributed by atoms with Gasteiger partial charge in [0, 0.05) is 32.1 Å². The first-order chi connectivity index (χ1) is 12.2. The highest BCUT2D eigenvalue weighted by Crippen LogP contribution is 2.30. The second-order valence-corrected chi connectivity index (χ2v) is 7.89. The molecule has 1 aliphatic carbocycles. The quantitative estimate of drug-likeness (QED) is 0.773. The van der Waals surface area contributed by atoms with Crippen LogP contribution < -0.4 is 0 Å². The van der Waals surface area contributed by atoms with Gasteiger partial charge in [0.2, 0.25) is 11.8 Å². The Balaban J connectivity index is 1.42. The van der Waals surface area contributed by atoms with Gasteiger partial charge in [-0.15, -0.1) is 0 Å². The molecule has 1 atom stereocenters. The molecule has 4 nitrogen and oxygen atoms in total. The van der Waals surface area contributed by atoms with Gasteiger partial charge in [-0.25, -0.2) is 0 Å². The minimum Gasteiger partial charge on any atom is -0.339 e. The lowest BCUT2D eigenvalue weighted by molar-refractivity contribution is -0.145. The SMILES string of the molecule is O=C([C@@H]1CCC(=O)N(C2CCCCCC2)C1)N1Cc2ccccc2C1. The number of amides is 2. The van der Waals surface area contributed by atoms with Crippen molar-refractivity contribution in [2.45, 2.75) is 70.5 Å². The molecule has 3 aliphatic rings. The van der Waals surface area contributed by atoms with Crippen LogP contribution >= 0.6 is 0 Å². The maximum atomic E-state index is 13.1. The Morgan fingerprint density at radius 3 is 2.20 bits per heavy atom. The summed E-state index contributed by atoms with van der Waals surface area (Å²) in [6, 6.07) is 8.68. The van der Waals surface area contributed by atoms with E-state index in [2.05, 4.69) is 17.0 Å². The van der Waals surface area contributed by atoms with E-state index in [1.165, 1.54) is 36.8 Å². The molecule has 1 aromatic carbocycles. The van der Waals surface area contributed by atoms with Crippen LogP contribution in [0.15, 0.2) is 24.3 Å². The van der Waals surface area contributed by atoms with Crippen molar-refractivity contribution in [2.24, 2.45) is 5.92 Å². The number of fused-ring (bicyclic) bond motifs is 1. The molecule has 0 spiro atoms. The summed E-state index contributed by atoms with van der Waals surface area (Å²) in [4.78, 5) is 29.6. The molecule has 0 bridgehead atoms. The fourth-order valence-corrected chi connectivity index (χ4v) is 4.74. The minimum absolute atomic E-state index is 0.0183. The molecule has 2 aliphatic heterocycles. The molecule has 2 heterocycles. The second-order valence-electron chi connectivity index (χ2n) is 7.89. The summed E-state index contributed by atoms with van der Waals surface area (Å²) in [5.74, 6) is 0.484. The summed E-state index contributed by atoms with van der Waals surface area (Å²) < 4.78 is 0. The molecule has 1 aromatic rings. The minimum atomic E-state index is -0.0183. The molecule has 0 unspecified atom stereocenters. The van der Waals surface area contributed by atoms with Crippen LogP contribution in [0.2, 0.25) is 0 Å². The molecule has 0 N–H and O–H groups in total. The number of hydrogen-bond acceptors (Lipinski definition) is 2. The largest absolute Gasteiger partial charge is 0.339 e. The number of carbonyl (C=O) groups is 2. The van der Waals surface area contributed by atoms with E-state index in [9.17, 15) is 9.59 Å². The third kappa shape index (κ3) is 3.44. The van der Waals surface area contributed by atoms with Gasteiger partial charge in [-0.1, -0.05) is 49.9 Å². The predicted molar refractivity (Wildman–Crippen MR) is 96.6 cm³/mol. The van der Waals surface area contributed by atoms with Gasteiger partial charge in [0.15, 0.2) is 0 Å². The van der Waals surface area contributed by atoms with Crippen molar-refractivity contribution in [2.75, 3.05) is 6.54 Å².